The van der Waals surface area contributed by atoms with Gasteiger partial charge in [0.05, 0.1) is 12.1 Å². The van der Waals surface area contributed by atoms with E-state index in [0.717, 1.165) is 0 Å². The fourth-order valence-electron chi connectivity index (χ4n) is 1.50. The molecule has 0 aliphatic heterocycles. The van der Waals surface area contributed by atoms with E-state index in [2.05, 4.69) is 0 Å². The quantitative estimate of drug-likeness (QED) is 0.821. The third kappa shape index (κ3) is 3.53. The summed E-state index contributed by atoms with van der Waals surface area (Å²) in [5.74, 6) is -0.614. The maximum Gasteiger partial charge on any atom is 0.179 e. The molecule has 4 heteroatoms. The average Bonchev–Trinajstić information content (AvgIpc) is 2.29. The minimum absolute atomic E-state index is 0.0205. The number of benzene rings is 1. The summed E-state index contributed by atoms with van der Waals surface area (Å²) >= 11 is 0. The van der Waals surface area contributed by atoms with Crippen molar-refractivity contribution in [3.05, 3.63) is 29.6 Å². The number of nitrogens with two attached hydrogens (primary N) is 1. The van der Waals surface area contributed by atoms with Gasteiger partial charge in [0.25, 0.3) is 0 Å². The van der Waals surface area contributed by atoms with Crippen LogP contribution in [0.25, 0.3) is 0 Å². The molecular formula is C14H20FNO2. The van der Waals surface area contributed by atoms with Crippen LogP contribution in [0.15, 0.2) is 18.2 Å². The fraction of sp³-hybridized carbons (Fsp3) is 0.500. The van der Waals surface area contributed by atoms with Crippen molar-refractivity contribution in [2.45, 2.75) is 39.8 Å². The third-order valence-electron chi connectivity index (χ3n) is 2.60. The SMILES string of the molecule is CC(C)Oc1ccc(C(=O)C(N)C(C)C)cc1F. The molecule has 18 heavy (non-hydrogen) atoms. The third-order valence-corrected chi connectivity index (χ3v) is 2.60. The summed E-state index contributed by atoms with van der Waals surface area (Å²) in [5.41, 5.74) is 6.04. The van der Waals surface area contributed by atoms with Crippen molar-refractivity contribution < 1.29 is 13.9 Å². The predicted octanol–water partition coefficient (Wildman–Crippen LogP) is 2.78. The molecule has 1 aromatic carbocycles. The summed E-state index contributed by atoms with van der Waals surface area (Å²) in [7, 11) is 0. The van der Waals surface area contributed by atoms with Gasteiger partial charge in [-0.1, -0.05) is 13.8 Å². The van der Waals surface area contributed by atoms with E-state index in [1.165, 1.54) is 12.1 Å². The molecule has 0 aromatic heterocycles. The standard InChI is InChI=1S/C14H20FNO2/c1-8(2)13(16)14(17)10-5-6-12(11(15)7-10)18-9(3)4/h5-9,13H,16H2,1-4H3. The number of carbonyl (C=O) groups is 1. The monoisotopic (exact) mass is 253 g/mol. The molecule has 0 amide bonds. The van der Waals surface area contributed by atoms with Crippen LogP contribution in [0, 0.1) is 11.7 Å². The van der Waals surface area contributed by atoms with Crippen LogP contribution < -0.4 is 10.5 Å². The molecule has 0 radical (unpaired) electrons. The lowest BCUT2D eigenvalue weighted by atomic mass is 9.96. The van der Waals surface area contributed by atoms with Crippen molar-refractivity contribution in [3.63, 3.8) is 0 Å². The lowest BCUT2D eigenvalue weighted by Gasteiger charge is -2.15. The van der Waals surface area contributed by atoms with Crippen LogP contribution in [0.5, 0.6) is 5.75 Å². The van der Waals surface area contributed by atoms with Gasteiger partial charge in [-0.05, 0) is 38.0 Å². The minimum Gasteiger partial charge on any atom is -0.488 e. The van der Waals surface area contributed by atoms with Gasteiger partial charge in [-0.2, -0.15) is 0 Å². The molecule has 0 fully saturated rings. The molecule has 1 unspecified atom stereocenters. The Labute approximate surface area is 107 Å². The van der Waals surface area contributed by atoms with Gasteiger partial charge in [-0.25, -0.2) is 4.39 Å². The second-order valence-corrected chi connectivity index (χ2v) is 4.95. The number of rotatable bonds is 5. The Kier molecular flexibility index (Phi) is 4.84. The first-order chi connectivity index (χ1) is 8.32. The molecule has 0 spiro atoms. The summed E-state index contributed by atoms with van der Waals surface area (Å²) in [4.78, 5) is 11.9. The van der Waals surface area contributed by atoms with Crippen molar-refractivity contribution >= 4 is 5.78 Å². The largest absolute Gasteiger partial charge is 0.488 e. The summed E-state index contributed by atoms with van der Waals surface area (Å²) in [5, 5.41) is 0. The molecular weight excluding hydrogens is 233 g/mol. The Balaban J connectivity index is 2.94. The van der Waals surface area contributed by atoms with Crippen molar-refractivity contribution in [2.75, 3.05) is 0 Å². The van der Waals surface area contributed by atoms with Crippen LogP contribution in [0.4, 0.5) is 4.39 Å². The maximum atomic E-state index is 13.7. The lowest BCUT2D eigenvalue weighted by Crippen LogP contribution is -2.35. The van der Waals surface area contributed by atoms with Crippen molar-refractivity contribution in [1.82, 2.24) is 0 Å². The first-order valence-corrected chi connectivity index (χ1v) is 6.09. The van der Waals surface area contributed by atoms with Gasteiger partial charge in [-0.15, -0.1) is 0 Å². The smallest absolute Gasteiger partial charge is 0.179 e. The second-order valence-electron chi connectivity index (χ2n) is 4.95. The molecule has 1 rings (SSSR count). The summed E-state index contributed by atoms with van der Waals surface area (Å²) in [6, 6.07) is 3.59. The van der Waals surface area contributed by atoms with Crippen LogP contribution in [-0.4, -0.2) is 17.9 Å². The maximum absolute atomic E-state index is 13.7. The highest BCUT2D eigenvalue weighted by Gasteiger charge is 2.20. The van der Waals surface area contributed by atoms with Crippen LogP contribution >= 0.6 is 0 Å². The van der Waals surface area contributed by atoms with E-state index >= 15 is 0 Å². The van der Waals surface area contributed by atoms with Gasteiger partial charge in [0.1, 0.15) is 0 Å². The van der Waals surface area contributed by atoms with Crippen LogP contribution in [-0.2, 0) is 0 Å². The van der Waals surface area contributed by atoms with E-state index in [1.807, 2.05) is 27.7 Å². The Morgan fingerprint density at radius 2 is 1.89 bits per heavy atom. The normalized spacial score (nSPS) is 12.9. The van der Waals surface area contributed by atoms with Gasteiger partial charge >= 0.3 is 0 Å². The molecule has 3 nitrogen and oxygen atoms in total. The number of hydrogen-bond donors (Lipinski definition) is 1. The topological polar surface area (TPSA) is 52.3 Å². The van der Waals surface area contributed by atoms with Crippen LogP contribution in [0.1, 0.15) is 38.1 Å². The highest BCUT2D eigenvalue weighted by Crippen LogP contribution is 2.21. The molecule has 2 N–H and O–H groups in total. The van der Waals surface area contributed by atoms with Crippen LogP contribution in [0.2, 0.25) is 0 Å². The van der Waals surface area contributed by atoms with E-state index in [1.54, 1.807) is 6.07 Å². The molecule has 0 aliphatic carbocycles. The van der Waals surface area contributed by atoms with Gasteiger partial charge < -0.3 is 10.5 Å². The predicted molar refractivity (Wildman–Crippen MR) is 69.3 cm³/mol. The van der Waals surface area contributed by atoms with E-state index in [4.69, 9.17) is 10.5 Å². The number of ketones is 1. The fourth-order valence-corrected chi connectivity index (χ4v) is 1.50. The lowest BCUT2D eigenvalue weighted by molar-refractivity contribution is 0.0940. The van der Waals surface area contributed by atoms with Gasteiger partial charge in [0, 0.05) is 5.56 Å². The van der Waals surface area contributed by atoms with Crippen molar-refractivity contribution in [2.24, 2.45) is 11.7 Å². The highest BCUT2D eigenvalue weighted by molar-refractivity contribution is 6.00. The van der Waals surface area contributed by atoms with E-state index in [9.17, 15) is 9.18 Å². The van der Waals surface area contributed by atoms with Gasteiger partial charge in [0.15, 0.2) is 17.3 Å². The van der Waals surface area contributed by atoms with E-state index in [-0.39, 0.29) is 29.1 Å². The average molecular weight is 253 g/mol. The first kappa shape index (κ1) is 14.6. The second kappa shape index (κ2) is 5.96. The zero-order valence-corrected chi connectivity index (χ0v) is 11.2. The molecule has 1 aromatic rings. The zero-order chi connectivity index (χ0) is 13.9. The van der Waals surface area contributed by atoms with E-state index in [0.29, 0.717) is 0 Å². The Bertz CT molecular complexity index is 430. The number of hydrogen-bond acceptors (Lipinski definition) is 3. The highest BCUT2D eigenvalue weighted by atomic mass is 19.1. The molecule has 0 aliphatic rings. The number of carbonyl (C=O) groups excluding carboxylic acids is 1. The molecule has 0 saturated carbocycles. The molecule has 1 atom stereocenters. The summed E-state index contributed by atoms with van der Waals surface area (Å²) in [6.07, 6.45) is -0.112. The Hall–Kier alpha value is -1.42. The summed E-state index contributed by atoms with van der Waals surface area (Å²) in [6.45, 7) is 7.34. The van der Waals surface area contributed by atoms with E-state index < -0.39 is 11.9 Å². The van der Waals surface area contributed by atoms with Crippen LogP contribution in [0.3, 0.4) is 0 Å². The van der Waals surface area contributed by atoms with Crippen molar-refractivity contribution in [1.29, 1.82) is 0 Å². The van der Waals surface area contributed by atoms with Gasteiger partial charge in [-0.3, -0.25) is 4.79 Å². The Morgan fingerprint density at radius 1 is 1.28 bits per heavy atom. The van der Waals surface area contributed by atoms with Crippen molar-refractivity contribution in [3.8, 4) is 5.75 Å². The summed E-state index contributed by atoms with van der Waals surface area (Å²) < 4.78 is 19.0. The molecule has 0 heterocycles. The number of Topliss-reactive ketones (excluding diaryl/α,β-unsaturated/α-hetero) is 1. The Morgan fingerprint density at radius 3 is 2.33 bits per heavy atom. The minimum atomic E-state index is -0.610. The first-order valence-electron chi connectivity index (χ1n) is 6.09. The number of halogens is 1. The number of ether oxygens (including phenoxy) is 1. The molecule has 100 valence electrons. The zero-order valence-electron chi connectivity index (χ0n) is 11.2. The molecule has 0 bridgehead atoms. The van der Waals surface area contributed by atoms with Gasteiger partial charge in [0.2, 0.25) is 0 Å². The molecule has 0 saturated heterocycles.